The third-order valence-electron chi connectivity index (χ3n) is 8.35. The van der Waals surface area contributed by atoms with Crippen molar-refractivity contribution < 1.29 is 24.2 Å². The number of rotatable bonds is 6. The quantitative estimate of drug-likeness (QED) is 0.180. The Balaban J connectivity index is 0.00000306. The van der Waals surface area contributed by atoms with Crippen LogP contribution < -0.4 is 4.74 Å². The molecular formula is C28H43Cl2OPRu. The predicted molar refractivity (Wildman–Crippen MR) is 145 cm³/mol. The van der Waals surface area contributed by atoms with Crippen molar-refractivity contribution in [2.45, 2.75) is 131 Å². The smallest absolute Gasteiger partial charge is 0.126 e. The molecule has 4 rings (SSSR count). The summed E-state index contributed by atoms with van der Waals surface area (Å²) in [6.07, 6.45) is 18.3. The molecule has 0 N–H and O–H groups in total. The summed E-state index contributed by atoms with van der Waals surface area (Å²) < 4.78 is 6.06. The van der Waals surface area contributed by atoms with E-state index in [1.807, 2.05) is 0 Å². The molecule has 3 aliphatic carbocycles. The fourth-order valence-electron chi connectivity index (χ4n) is 6.93. The molecule has 1 nitrogen and oxygen atoms in total. The molecule has 2 unspecified atom stereocenters. The zero-order chi connectivity index (χ0) is 22.6. The minimum Gasteiger partial charge on any atom is -0.490 e. The van der Waals surface area contributed by atoms with Gasteiger partial charge in [0.05, 0.1) is 16.1 Å². The topological polar surface area (TPSA) is 9.23 Å². The Morgan fingerprint density at radius 1 is 0.879 bits per heavy atom. The molecule has 5 heteroatoms. The van der Waals surface area contributed by atoms with E-state index in [9.17, 15) is 0 Å². The van der Waals surface area contributed by atoms with Crippen LogP contribution in [0, 0.1) is 0 Å². The molecule has 33 heavy (non-hydrogen) atoms. The molecule has 3 saturated carbocycles. The SMILES string of the molecule is CC(C)Oc1ccccc1C=P(C1CCCCC1)(C1CCCCC1)C1(Cl)CCCCC1Cl.[Ru]. The van der Waals surface area contributed by atoms with Crippen LogP contribution in [0.5, 0.6) is 5.75 Å². The second-order valence-electron chi connectivity index (χ2n) is 10.8. The van der Waals surface area contributed by atoms with Gasteiger partial charge in [-0.1, -0.05) is 82.2 Å². The Morgan fingerprint density at radius 2 is 1.42 bits per heavy atom. The van der Waals surface area contributed by atoms with E-state index in [-0.39, 0.29) is 35.6 Å². The van der Waals surface area contributed by atoms with Gasteiger partial charge in [0.2, 0.25) is 0 Å². The maximum absolute atomic E-state index is 7.97. The van der Waals surface area contributed by atoms with E-state index in [1.54, 1.807) is 0 Å². The minimum absolute atomic E-state index is 0. The number of halogens is 2. The van der Waals surface area contributed by atoms with E-state index < -0.39 is 6.89 Å². The molecule has 0 spiro atoms. The van der Waals surface area contributed by atoms with Gasteiger partial charge < -0.3 is 4.74 Å². The zero-order valence-corrected chi connectivity index (χ0v) is 24.7. The van der Waals surface area contributed by atoms with Crippen LogP contribution in [0.25, 0.3) is 0 Å². The van der Waals surface area contributed by atoms with Gasteiger partial charge in [0, 0.05) is 25.0 Å². The van der Waals surface area contributed by atoms with Crippen LogP contribution in [-0.4, -0.2) is 33.2 Å². The number of hydrogen-bond acceptors (Lipinski definition) is 1. The van der Waals surface area contributed by atoms with Gasteiger partial charge in [-0.25, -0.2) is 0 Å². The van der Waals surface area contributed by atoms with Crippen LogP contribution >= 0.6 is 30.1 Å². The van der Waals surface area contributed by atoms with Gasteiger partial charge in [-0.15, -0.1) is 23.2 Å². The van der Waals surface area contributed by atoms with Gasteiger partial charge in [-0.2, -0.15) is 0 Å². The van der Waals surface area contributed by atoms with Crippen molar-refractivity contribution >= 4 is 35.9 Å². The van der Waals surface area contributed by atoms with E-state index in [0.717, 1.165) is 29.9 Å². The second-order valence-corrected chi connectivity index (χ2v) is 16.4. The molecule has 3 aliphatic rings. The first-order valence-corrected chi connectivity index (χ1v) is 16.1. The molecule has 0 bridgehead atoms. The van der Waals surface area contributed by atoms with E-state index in [2.05, 4.69) is 43.9 Å². The molecule has 2 atom stereocenters. The number of ether oxygens (including phenoxy) is 1. The molecule has 1 aromatic rings. The van der Waals surface area contributed by atoms with E-state index in [0.29, 0.717) is 0 Å². The molecule has 1 aromatic carbocycles. The average molecular weight is 599 g/mol. The first kappa shape index (κ1) is 28.1. The van der Waals surface area contributed by atoms with Gasteiger partial charge >= 0.3 is 0 Å². The van der Waals surface area contributed by atoms with Gasteiger partial charge in [0.15, 0.2) is 0 Å². The van der Waals surface area contributed by atoms with Crippen molar-refractivity contribution in [2.24, 2.45) is 0 Å². The van der Waals surface area contributed by atoms with Crippen molar-refractivity contribution in [3.63, 3.8) is 0 Å². The van der Waals surface area contributed by atoms with Crippen LogP contribution in [0.1, 0.15) is 109 Å². The maximum Gasteiger partial charge on any atom is 0.126 e. The third kappa shape index (κ3) is 5.92. The predicted octanol–water partition coefficient (Wildman–Crippen LogP) is 9.42. The Labute approximate surface area is 225 Å². The van der Waals surface area contributed by atoms with Crippen LogP contribution in [0.2, 0.25) is 0 Å². The summed E-state index contributed by atoms with van der Waals surface area (Å²) in [5.74, 6) is 3.75. The molecule has 0 aliphatic heterocycles. The van der Waals surface area contributed by atoms with Crippen LogP contribution in [0.15, 0.2) is 24.3 Å². The summed E-state index contributed by atoms with van der Waals surface area (Å²) in [6, 6.07) is 8.72. The zero-order valence-electron chi connectivity index (χ0n) is 20.6. The van der Waals surface area contributed by atoms with Gasteiger partial charge in [0.25, 0.3) is 0 Å². The summed E-state index contributed by atoms with van der Waals surface area (Å²) in [6.45, 7) is 2.50. The molecule has 0 amide bonds. The van der Waals surface area contributed by atoms with Gasteiger partial charge in [0.1, 0.15) is 5.75 Å². The molecular weight excluding hydrogens is 555 g/mol. The molecule has 0 aromatic heterocycles. The van der Waals surface area contributed by atoms with Crippen molar-refractivity contribution in [3.05, 3.63) is 29.8 Å². The van der Waals surface area contributed by atoms with Crippen molar-refractivity contribution in [3.8, 4) is 5.75 Å². The summed E-state index contributed by atoms with van der Waals surface area (Å²) in [5.41, 5.74) is 2.73. The maximum atomic E-state index is 7.97. The van der Waals surface area contributed by atoms with Gasteiger partial charge in [-0.05, 0) is 69.8 Å². The number of benzene rings is 1. The van der Waals surface area contributed by atoms with Crippen molar-refractivity contribution in [1.29, 1.82) is 0 Å². The van der Waals surface area contributed by atoms with Crippen LogP contribution in [-0.2, 0) is 19.5 Å². The molecule has 3 fully saturated rings. The normalized spacial score (nSPS) is 27.7. The van der Waals surface area contributed by atoms with Crippen LogP contribution in [0.3, 0.4) is 0 Å². The largest absolute Gasteiger partial charge is 0.490 e. The fraction of sp³-hybridized carbons (Fsp3) is 0.750. The number of alkyl halides is 2. The summed E-state index contributed by atoms with van der Waals surface area (Å²) in [5, 5.41) is 0.0875. The Morgan fingerprint density at radius 3 is 1.97 bits per heavy atom. The Kier molecular flexibility index (Phi) is 10.8. The van der Waals surface area contributed by atoms with Crippen molar-refractivity contribution in [1.82, 2.24) is 0 Å². The molecule has 0 radical (unpaired) electrons. The summed E-state index contributed by atoms with van der Waals surface area (Å²) >= 11 is 15.2. The van der Waals surface area contributed by atoms with Crippen molar-refractivity contribution in [2.75, 3.05) is 0 Å². The standard InChI is InChI=1S/C28H43Cl2OP.Ru/c1-22(2)31-26-18-10-9-13-23(26)21-32(24-14-5-3-6-15-24,25-16-7-4-8-17-25)28(30)20-12-11-19-27(28)29;/h9-10,13,18,21-22,24-25,27H,3-8,11-12,14-17,19-20H2,1-2H3;. The van der Waals surface area contributed by atoms with Gasteiger partial charge in [-0.3, -0.25) is 0 Å². The Bertz CT molecular complexity index is 779. The second kappa shape index (κ2) is 12.7. The van der Waals surface area contributed by atoms with Crippen LogP contribution in [0.4, 0.5) is 0 Å². The first-order chi connectivity index (χ1) is 15.5. The third-order valence-corrected chi connectivity index (χ3v) is 16.5. The van der Waals surface area contributed by atoms with E-state index >= 15 is 0 Å². The first-order valence-electron chi connectivity index (χ1n) is 13.3. The fourth-order valence-corrected chi connectivity index (χ4v) is 15.6. The number of para-hydroxylation sites is 1. The average Bonchev–Trinajstić information content (AvgIpc) is 2.81. The Hall–Kier alpha value is 0.523. The van der Waals surface area contributed by atoms with E-state index in [1.165, 1.54) is 82.6 Å². The number of hydrogen-bond donors (Lipinski definition) is 0. The monoisotopic (exact) mass is 598 g/mol. The molecule has 188 valence electrons. The molecule has 0 saturated heterocycles. The van der Waals surface area contributed by atoms with E-state index in [4.69, 9.17) is 27.9 Å². The summed E-state index contributed by atoms with van der Waals surface area (Å²) in [4.78, 5) is 0. The molecule has 0 heterocycles. The summed E-state index contributed by atoms with van der Waals surface area (Å²) in [7, 11) is 0. The minimum atomic E-state index is -1.75.